The third-order valence-electron chi connectivity index (χ3n) is 5.25. The van der Waals surface area contributed by atoms with Crippen molar-refractivity contribution in [3.05, 3.63) is 35.2 Å². The molecular formula is C21H30N6O3S. The maximum atomic E-state index is 12.4. The molecule has 0 unspecified atom stereocenters. The average molecular weight is 447 g/mol. The van der Waals surface area contributed by atoms with E-state index in [1.807, 2.05) is 32.0 Å². The Labute approximate surface area is 186 Å². The number of imide groups is 1. The van der Waals surface area contributed by atoms with E-state index in [2.05, 4.69) is 20.8 Å². The second-order valence-corrected chi connectivity index (χ2v) is 9.19. The van der Waals surface area contributed by atoms with Gasteiger partial charge in [0.1, 0.15) is 12.4 Å². The molecule has 4 N–H and O–H groups in total. The number of hydrogen-bond acceptors (Lipinski definition) is 7. The highest BCUT2D eigenvalue weighted by Gasteiger charge is 2.23. The van der Waals surface area contributed by atoms with Gasteiger partial charge >= 0.3 is 6.03 Å². The molecule has 3 rings (SSSR count). The first-order valence-electron chi connectivity index (χ1n) is 10.5. The van der Waals surface area contributed by atoms with Crippen LogP contribution in [0, 0.1) is 13.8 Å². The summed E-state index contributed by atoms with van der Waals surface area (Å²) in [6.45, 7) is 5.84. The van der Waals surface area contributed by atoms with Crippen molar-refractivity contribution >= 4 is 23.7 Å². The predicted molar refractivity (Wildman–Crippen MR) is 119 cm³/mol. The summed E-state index contributed by atoms with van der Waals surface area (Å²) in [6.07, 6.45) is 5.31. The van der Waals surface area contributed by atoms with Crippen LogP contribution < -0.4 is 21.2 Å². The number of aromatic nitrogens is 3. The minimum atomic E-state index is -0.572. The first-order chi connectivity index (χ1) is 14.8. The van der Waals surface area contributed by atoms with Crippen LogP contribution >= 0.6 is 11.8 Å². The highest BCUT2D eigenvalue weighted by Crippen LogP contribution is 2.23. The van der Waals surface area contributed by atoms with E-state index in [1.54, 1.807) is 6.92 Å². The number of nitrogens with two attached hydrogens (primary N) is 1. The van der Waals surface area contributed by atoms with E-state index in [1.165, 1.54) is 11.1 Å². The summed E-state index contributed by atoms with van der Waals surface area (Å²) in [5.74, 6) is 6.86. The van der Waals surface area contributed by atoms with Gasteiger partial charge in [-0.15, -0.1) is 10.2 Å². The highest BCUT2D eigenvalue weighted by molar-refractivity contribution is 8.00. The van der Waals surface area contributed by atoms with Crippen LogP contribution in [0.25, 0.3) is 0 Å². The van der Waals surface area contributed by atoms with E-state index in [-0.39, 0.29) is 12.6 Å². The number of amides is 3. The van der Waals surface area contributed by atoms with Gasteiger partial charge in [0.25, 0.3) is 0 Å². The Balaban J connectivity index is 1.50. The van der Waals surface area contributed by atoms with E-state index in [9.17, 15) is 9.59 Å². The summed E-state index contributed by atoms with van der Waals surface area (Å²) in [5.41, 5.74) is 2.18. The third kappa shape index (κ3) is 6.36. The van der Waals surface area contributed by atoms with Crippen molar-refractivity contribution in [3.8, 4) is 5.75 Å². The molecule has 1 fully saturated rings. The number of benzene rings is 1. The lowest BCUT2D eigenvalue weighted by molar-refractivity contribution is -0.119. The monoisotopic (exact) mass is 446 g/mol. The average Bonchev–Trinajstić information content (AvgIpc) is 3.07. The predicted octanol–water partition coefficient (Wildman–Crippen LogP) is 2.83. The number of carbonyl (C=O) groups excluding carboxylic acids is 2. The molecule has 31 heavy (non-hydrogen) atoms. The minimum Gasteiger partial charge on any atom is -0.485 e. The van der Waals surface area contributed by atoms with Crippen LogP contribution in [0.2, 0.25) is 0 Å². The quantitative estimate of drug-likeness (QED) is 0.441. The second kappa shape index (κ2) is 10.5. The number of nitrogens with one attached hydrogen (secondary N) is 2. The van der Waals surface area contributed by atoms with Gasteiger partial charge in [-0.05, 0) is 45.2 Å². The molecule has 0 radical (unpaired) electrons. The topological polar surface area (TPSA) is 124 Å². The Morgan fingerprint density at radius 2 is 2.00 bits per heavy atom. The molecule has 2 aromatic rings. The molecule has 0 spiro atoms. The summed E-state index contributed by atoms with van der Waals surface area (Å²) < 4.78 is 7.11. The van der Waals surface area contributed by atoms with E-state index in [4.69, 9.17) is 10.6 Å². The molecule has 0 bridgehead atoms. The van der Waals surface area contributed by atoms with E-state index < -0.39 is 17.2 Å². The van der Waals surface area contributed by atoms with Crippen LogP contribution in [0.3, 0.4) is 0 Å². The normalized spacial score (nSPS) is 15.3. The van der Waals surface area contributed by atoms with Gasteiger partial charge < -0.3 is 15.9 Å². The second-order valence-electron chi connectivity index (χ2n) is 7.88. The van der Waals surface area contributed by atoms with Crippen molar-refractivity contribution in [1.82, 2.24) is 25.5 Å². The lowest BCUT2D eigenvalue weighted by Crippen LogP contribution is -2.47. The summed E-state index contributed by atoms with van der Waals surface area (Å²) in [5, 5.41) is 13.2. The Kier molecular flexibility index (Phi) is 7.78. The summed E-state index contributed by atoms with van der Waals surface area (Å²) >= 11 is 1.13. The van der Waals surface area contributed by atoms with Crippen LogP contribution in [-0.2, 0) is 11.4 Å². The first kappa shape index (κ1) is 22.9. The summed E-state index contributed by atoms with van der Waals surface area (Å²) in [7, 11) is 0. The molecule has 168 valence electrons. The molecule has 1 atom stereocenters. The lowest BCUT2D eigenvalue weighted by Gasteiger charge is -2.22. The van der Waals surface area contributed by atoms with Gasteiger partial charge in [-0.3, -0.25) is 10.1 Å². The number of thioether (sulfide) groups is 1. The van der Waals surface area contributed by atoms with E-state index in [0.717, 1.165) is 54.3 Å². The number of aryl methyl sites for hydroxylation is 2. The van der Waals surface area contributed by atoms with Gasteiger partial charge in [0, 0.05) is 6.04 Å². The van der Waals surface area contributed by atoms with Gasteiger partial charge in [0.15, 0.2) is 5.82 Å². The van der Waals surface area contributed by atoms with Gasteiger partial charge in [-0.1, -0.05) is 48.7 Å². The van der Waals surface area contributed by atoms with Gasteiger partial charge in [-0.25, -0.2) is 9.47 Å². The standard InChI is InChI=1S/C21H30N6O3S/c1-13-9-10-17(14(2)11-13)30-12-18-25-26-21(27(18)22)31-15(3)19(28)24-20(29)23-16-7-5-4-6-8-16/h9-11,15-16H,4-8,12,22H2,1-3H3,(H2,23,24,28,29)/t15-/m0/s1. The molecule has 3 amide bonds. The van der Waals surface area contributed by atoms with Crippen LogP contribution in [0.5, 0.6) is 5.75 Å². The van der Waals surface area contributed by atoms with Crippen LogP contribution in [-0.4, -0.2) is 38.1 Å². The lowest BCUT2D eigenvalue weighted by atomic mass is 9.96. The number of hydrogen-bond donors (Lipinski definition) is 3. The van der Waals surface area contributed by atoms with Gasteiger partial charge in [0.05, 0.1) is 5.25 Å². The summed E-state index contributed by atoms with van der Waals surface area (Å²) in [4.78, 5) is 24.5. The molecule has 10 heteroatoms. The maximum absolute atomic E-state index is 12.4. The van der Waals surface area contributed by atoms with Crippen molar-refractivity contribution < 1.29 is 14.3 Å². The molecule has 1 aliphatic rings. The van der Waals surface area contributed by atoms with Crippen molar-refractivity contribution in [2.24, 2.45) is 0 Å². The zero-order valence-corrected chi connectivity index (χ0v) is 19.0. The van der Waals surface area contributed by atoms with Crippen molar-refractivity contribution in [3.63, 3.8) is 0 Å². The highest BCUT2D eigenvalue weighted by atomic mass is 32.2. The number of ether oxygens (including phenoxy) is 1. The molecule has 9 nitrogen and oxygen atoms in total. The minimum absolute atomic E-state index is 0.136. The van der Waals surface area contributed by atoms with Crippen LogP contribution in [0.4, 0.5) is 4.79 Å². The Bertz CT molecular complexity index is 926. The van der Waals surface area contributed by atoms with E-state index in [0.29, 0.717) is 11.0 Å². The zero-order valence-electron chi connectivity index (χ0n) is 18.2. The number of nitrogens with zero attached hydrogens (tertiary/aromatic N) is 3. The van der Waals surface area contributed by atoms with Crippen molar-refractivity contribution in [2.75, 3.05) is 5.84 Å². The van der Waals surface area contributed by atoms with E-state index >= 15 is 0 Å². The molecule has 1 saturated carbocycles. The SMILES string of the molecule is Cc1ccc(OCc2nnc(S[C@@H](C)C(=O)NC(=O)NC3CCCCC3)n2N)c(C)c1. The molecule has 0 saturated heterocycles. The molecule has 1 aliphatic carbocycles. The number of nitrogen functional groups attached to an aromatic ring is 1. The fourth-order valence-corrected chi connectivity index (χ4v) is 4.27. The fraction of sp³-hybridized carbons (Fsp3) is 0.524. The Morgan fingerprint density at radius 3 is 2.71 bits per heavy atom. The van der Waals surface area contributed by atoms with Crippen LogP contribution in [0.1, 0.15) is 56.0 Å². The number of rotatable bonds is 7. The third-order valence-corrected chi connectivity index (χ3v) is 6.31. The van der Waals surface area contributed by atoms with Gasteiger partial charge in [0.2, 0.25) is 11.1 Å². The number of carbonyl (C=O) groups is 2. The largest absolute Gasteiger partial charge is 0.485 e. The van der Waals surface area contributed by atoms with Crippen molar-refractivity contribution in [1.29, 1.82) is 0 Å². The molecule has 1 aromatic carbocycles. The Hall–Kier alpha value is -2.75. The first-order valence-corrected chi connectivity index (χ1v) is 11.4. The van der Waals surface area contributed by atoms with Crippen molar-refractivity contribution in [2.45, 2.75) is 75.9 Å². The zero-order chi connectivity index (χ0) is 22.4. The molecule has 1 aromatic heterocycles. The number of urea groups is 1. The van der Waals surface area contributed by atoms with Gasteiger partial charge in [-0.2, -0.15) is 0 Å². The fourth-order valence-electron chi connectivity index (χ4n) is 3.48. The molecular weight excluding hydrogens is 416 g/mol. The smallest absolute Gasteiger partial charge is 0.321 e. The van der Waals surface area contributed by atoms with Crippen LogP contribution in [0.15, 0.2) is 23.4 Å². The molecule has 1 heterocycles. The summed E-state index contributed by atoms with van der Waals surface area (Å²) in [6, 6.07) is 5.59. The Morgan fingerprint density at radius 1 is 1.26 bits per heavy atom. The molecule has 0 aliphatic heterocycles. The maximum Gasteiger partial charge on any atom is 0.321 e.